The molecule has 1 aliphatic carbocycles. The van der Waals surface area contributed by atoms with Crippen LogP contribution in [-0.4, -0.2) is 19.8 Å². The number of rotatable bonds is 4. The average Bonchev–Trinajstić information content (AvgIpc) is 2.25. The van der Waals surface area contributed by atoms with Crippen LogP contribution in [-0.2, 0) is 10.0 Å². The molecule has 0 bridgehead atoms. The predicted octanol–water partition coefficient (Wildman–Crippen LogP) is 2.13. The van der Waals surface area contributed by atoms with E-state index in [0.717, 1.165) is 19.3 Å². The highest BCUT2D eigenvalue weighted by atomic mass is 35.5. The number of sulfonamides is 1. The fourth-order valence-corrected chi connectivity index (χ4v) is 3.70. The summed E-state index contributed by atoms with van der Waals surface area (Å²) in [6, 6.07) is 8.39. The zero-order valence-electron chi connectivity index (χ0n) is 8.82. The zero-order chi connectivity index (χ0) is 11.6. The van der Waals surface area contributed by atoms with Gasteiger partial charge in [-0.25, -0.2) is 13.1 Å². The molecule has 88 valence electrons. The van der Waals surface area contributed by atoms with E-state index >= 15 is 0 Å². The summed E-state index contributed by atoms with van der Waals surface area (Å²) in [6.07, 6.45) is 2.68. The largest absolute Gasteiger partial charge is 0.241 e. The summed E-state index contributed by atoms with van der Waals surface area (Å²) in [4.78, 5) is 0.298. The molecule has 0 amide bonds. The van der Waals surface area contributed by atoms with E-state index in [4.69, 9.17) is 11.6 Å². The summed E-state index contributed by atoms with van der Waals surface area (Å²) in [5.41, 5.74) is -0.420. The molecule has 1 aliphatic rings. The number of hydrogen-bond donors (Lipinski definition) is 1. The average molecular weight is 260 g/mol. The standard InChI is InChI=1S/C11H14ClNO2S/c12-9-11(7-4-8-11)13-16(14,15)10-5-2-1-3-6-10/h1-3,5-6,13H,4,7-9H2. The minimum absolute atomic E-state index is 0.298. The van der Waals surface area contributed by atoms with Crippen LogP contribution in [0.15, 0.2) is 35.2 Å². The molecule has 0 aromatic heterocycles. The van der Waals surface area contributed by atoms with Gasteiger partial charge in [0.25, 0.3) is 0 Å². The van der Waals surface area contributed by atoms with Gasteiger partial charge in [-0.1, -0.05) is 18.2 Å². The normalized spacial score (nSPS) is 19.1. The van der Waals surface area contributed by atoms with Gasteiger partial charge in [-0.05, 0) is 31.4 Å². The fraction of sp³-hybridized carbons (Fsp3) is 0.455. The maximum Gasteiger partial charge on any atom is 0.241 e. The maximum atomic E-state index is 12.0. The molecular formula is C11H14ClNO2S. The highest BCUT2D eigenvalue weighted by molar-refractivity contribution is 7.89. The van der Waals surface area contributed by atoms with Crippen LogP contribution in [0.5, 0.6) is 0 Å². The van der Waals surface area contributed by atoms with Crippen molar-refractivity contribution in [3.05, 3.63) is 30.3 Å². The third-order valence-electron chi connectivity index (χ3n) is 2.97. The van der Waals surface area contributed by atoms with Gasteiger partial charge < -0.3 is 0 Å². The Bertz CT molecular complexity index is 449. The van der Waals surface area contributed by atoms with Crippen LogP contribution in [0.1, 0.15) is 19.3 Å². The molecule has 0 aliphatic heterocycles. The smallest absolute Gasteiger partial charge is 0.207 e. The van der Waals surface area contributed by atoms with Gasteiger partial charge in [-0.2, -0.15) is 0 Å². The first-order valence-electron chi connectivity index (χ1n) is 5.23. The lowest BCUT2D eigenvalue weighted by Gasteiger charge is -2.40. The summed E-state index contributed by atoms with van der Waals surface area (Å²) in [7, 11) is -3.43. The van der Waals surface area contributed by atoms with Crippen LogP contribution < -0.4 is 4.72 Å². The Hall–Kier alpha value is -0.580. The van der Waals surface area contributed by atoms with E-state index in [1.165, 1.54) is 0 Å². The van der Waals surface area contributed by atoms with Crippen molar-refractivity contribution >= 4 is 21.6 Å². The second-order valence-electron chi connectivity index (χ2n) is 4.19. The Kier molecular flexibility index (Phi) is 3.24. The van der Waals surface area contributed by atoms with Gasteiger partial charge in [0.15, 0.2) is 0 Å². The summed E-state index contributed by atoms with van der Waals surface area (Å²) < 4.78 is 26.8. The van der Waals surface area contributed by atoms with Gasteiger partial charge in [0.05, 0.1) is 4.90 Å². The third-order valence-corrected chi connectivity index (χ3v) is 5.08. The van der Waals surface area contributed by atoms with E-state index in [-0.39, 0.29) is 0 Å². The van der Waals surface area contributed by atoms with Crippen molar-refractivity contribution in [2.45, 2.75) is 29.7 Å². The number of halogens is 1. The summed E-state index contributed by atoms with van der Waals surface area (Å²) in [5, 5.41) is 0. The maximum absolute atomic E-state index is 12.0. The van der Waals surface area contributed by atoms with Crippen LogP contribution in [0.3, 0.4) is 0 Å². The zero-order valence-corrected chi connectivity index (χ0v) is 10.4. The van der Waals surface area contributed by atoms with Crippen molar-refractivity contribution in [2.24, 2.45) is 0 Å². The lowest BCUT2D eigenvalue weighted by atomic mass is 9.79. The summed E-state index contributed by atoms with van der Waals surface area (Å²) in [6.45, 7) is 0. The monoisotopic (exact) mass is 259 g/mol. The van der Waals surface area contributed by atoms with Crippen LogP contribution in [0.2, 0.25) is 0 Å². The Labute approximate surface area is 101 Å². The molecule has 1 N–H and O–H groups in total. The Morgan fingerprint density at radius 2 is 1.88 bits per heavy atom. The first-order chi connectivity index (χ1) is 7.58. The lowest BCUT2D eigenvalue weighted by molar-refractivity contribution is 0.252. The molecule has 0 saturated heterocycles. The molecule has 0 unspecified atom stereocenters. The molecule has 1 aromatic rings. The predicted molar refractivity (Wildman–Crippen MR) is 64.1 cm³/mol. The lowest BCUT2D eigenvalue weighted by Crippen LogP contribution is -2.54. The van der Waals surface area contributed by atoms with Gasteiger partial charge in [-0.15, -0.1) is 11.6 Å². The van der Waals surface area contributed by atoms with E-state index in [9.17, 15) is 8.42 Å². The molecule has 0 spiro atoms. The number of benzene rings is 1. The van der Waals surface area contributed by atoms with E-state index in [2.05, 4.69) is 4.72 Å². The third kappa shape index (κ3) is 2.24. The fourth-order valence-electron chi connectivity index (χ4n) is 1.81. The van der Waals surface area contributed by atoms with Crippen molar-refractivity contribution in [2.75, 3.05) is 5.88 Å². The Morgan fingerprint density at radius 3 is 2.31 bits per heavy atom. The van der Waals surface area contributed by atoms with E-state index < -0.39 is 15.6 Å². The van der Waals surface area contributed by atoms with Gasteiger partial charge in [0.2, 0.25) is 10.0 Å². The van der Waals surface area contributed by atoms with Crippen molar-refractivity contribution in [3.8, 4) is 0 Å². The van der Waals surface area contributed by atoms with Crippen molar-refractivity contribution in [1.82, 2.24) is 4.72 Å². The molecular weight excluding hydrogens is 246 g/mol. The quantitative estimate of drug-likeness (QED) is 0.842. The number of nitrogens with one attached hydrogen (secondary N) is 1. The number of hydrogen-bond acceptors (Lipinski definition) is 2. The first-order valence-corrected chi connectivity index (χ1v) is 7.25. The van der Waals surface area contributed by atoms with Crippen LogP contribution in [0, 0.1) is 0 Å². The summed E-state index contributed by atoms with van der Waals surface area (Å²) >= 11 is 5.83. The van der Waals surface area contributed by atoms with Gasteiger partial charge in [0, 0.05) is 11.4 Å². The molecule has 0 heterocycles. The van der Waals surface area contributed by atoms with Crippen molar-refractivity contribution in [3.63, 3.8) is 0 Å². The van der Waals surface area contributed by atoms with E-state index in [0.29, 0.717) is 10.8 Å². The van der Waals surface area contributed by atoms with Gasteiger partial charge >= 0.3 is 0 Å². The SMILES string of the molecule is O=S(=O)(NC1(CCl)CCC1)c1ccccc1. The Balaban J connectivity index is 2.21. The minimum atomic E-state index is -3.43. The van der Waals surface area contributed by atoms with Crippen LogP contribution >= 0.6 is 11.6 Å². The molecule has 16 heavy (non-hydrogen) atoms. The molecule has 3 nitrogen and oxygen atoms in total. The highest BCUT2D eigenvalue weighted by Gasteiger charge is 2.39. The summed E-state index contributed by atoms with van der Waals surface area (Å²) in [5.74, 6) is 0.332. The molecule has 1 aromatic carbocycles. The van der Waals surface area contributed by atoms with Crippen LogP contribution in [0.4, 0.5) is 0 Å². The molecule has 1 saturated carbocycles. The molecule has 2 rings (SSSR count). The van der Waals surface area contributed by atoms with Crippen LogP contribution in [0.25, 0.3) is 0 Å². The number of alkyl halides is 1. The van der Waals surface area contributed by atoms with Crippen molar-refractivity contribution < 1.29 is 8.42 Å². The van der Waals surface area contributed by atoms with Gasteiger partial charge in [-0.3, -0.25) is 0 Å². The molecule has 0 radical (unpaired) electrons. The molecule has 5 heteroatoms. The van der Waals surface area contributed by atoms with E-state index in [1.807, 2.05) is 0 Å². The second-order valence-corrected chi connectivity index (χ2v) is 6.14. The van der Waals surface area contributed by atoms with Crippen molar-refractivity contribution in [1.29, 1.82) is 0 Å². The van der Waals surface area contributed by atoms with Gasteiger partial charge in [0.1, 0.15) is 0 Å². The topological polar surface area (TPSA) is 46.2 Å². The van der Waals surface area contributed by atoms with E-state index in [1.54, 1.807) is 30.3 Å². The molecule has 0 atom stereocenters. The minimum Gasteiger partial charge on any atom is -0.207 e. The first kappa shape index (κ1) is 11.9. The molecule has 1 fully saturated rings. The highest BCUT2D eigenvalue weighted by Crippen LogP contribution is 2.34. The Morgan fingerprint density at radius 1 is 1.25 bits per heavy atom. The second kappa shape index (κ2) is 4.35.